The van der Waals surface area contributed by atoms with Crippen LogP contribution in [0.3, 0.4) is 0 Å². The van der Waals surface area contributed by atoms with E-state index in [1.54, 1.807) is 19.2 Å². The van der Waals surface area contributed by atoms with E-state index in [0.717, 1.165) is 40.8 Å². The minimum atomic E-state index is -1.01. The molecule has 2 N–H and O–H groups in total. The lowest BCUT2D eigenvalue weighted by atomic mass is 10.1. The molecule has 3 aromatic carbocycles. The summed E-state index contributed by atoms with van der Waals surface area (Å²) in [5.41, 5.74) is 3.43. The number of fused-ring (bicyclic) bond motifs is 1. The van der Waals surface area contributed by atoms with Crippen molar-refractivity contribution in [3.8, 4) is 0 Å². The largest absolute Gasteiger partial charge is 0.348 e. The molecule has 0 aliphatic heterocycles. The maximum Gasteiger partial charge on any atom is 0.266 e. The van der Waals surface area contributed by atoms with E-state index in [1.807, 2.05) is 50.5 Å². The smallest absolute Gasteiger partial charge is 0.266 e. The van der Waals surface area contributed by atoms with Crippen LogP contribution < -0.4 is 16.2 Å². The fourth-order valence-corrected chi connectivity index (χ4v) is 4.58. The number of halogens is 2. The summed E-state index contributed by atoms with van der Waals surface area (Å²) in [5.74, 6) is -1.74. The lowest BCUT2D eigenvalue weighted by Gasteiger charge is -2.11. The Labute approximate surface area is 252 Å². The standard InChI is InChI=1S/C33H31F2N7O2/c1-21-37-18-27(32(44)42(21)20-24-8-12-28(34)29(35)16-24)31(43)36-14-4-5-22-9-13-30-25(15-22)17-38-33(40-30)39-26-10-6-23(7-11-26)19-41(2)3/h4-13,15-18H,14,19-20H2,1-3H3,(H,36,43)(H,38,39,40)/b5-4+. The van der Waals surface area contributed by atoms with Crippen molar-refractivity contribution in [3.63, 3.8) is 0 Å². The fraction of sp³-hybridized carbons (Fsp3) is 0.182. The van der Waals surface area contributed by atoms with E-state index in [1.165, 1.54) is 22.4 Å². The number of anilines is 2. The number of amides is 1. The SMILES string of the molecule is Cc1ncc(C(=O)NC/C=C/c2ccc3nc(Nc4ccc(CN(C)C)cc4)ncc3c2)c(=O)n1Cc1ccc(F)c(F)c1. The molecule has 0 saturated carbocycles. The summed E-state index contributed by atoms with van der Waals surface area (Å²) >= 11 is 0. The summed E-state index contributed by atoms with van der Waals surface area (Å²) in [6.07, 6.45) is 6.57. The highest BCUT2D eigenvalue weighted by molar-refractivity contribution is 5.93. The van der Waals surface area contributed by atoms with Crippen molar-refractivity contribution in [3.05, 3.63) is 129 Å². The molecule has 0 aliphatic rings. The van der Waals surface area contributed by atoms with Crippen LogP contribution in [0.15, 0.2) is 83.9 Å². The Kier molecular flexibility index (Phi) is 9.15. The maximum atomic E-state index is 13.6. The topological polar surface area (TPSA) is 105 Å². The summed E-state index contributed by atoms with van der Waals surface area (Å²) in [6, 6.07) is 17.3. The molecule has 0 radical (unpaired) electrons. The van der Waals surface area contributed by atoms with Crippen LogP contribution in [-0.4, -0.2) is 51.0 Å². The molecule has 0 fully saturated rings. The fourth-order valence-electron chi connectivity index (χ4n) is 4.58. The van der Waals surface area contributed by atoms with Gasteiger partial charge in [0.25, 0.3) is 11.5 Å². The number of benzene rings is 3. The second-order valence-electron chi connectivity index (χ2n) is 10.5. The third-order valence-electron chi connectivity index (χ3n) is 6.82. The average Bonchev–Trinajstić information content (AvgIpc) is 3.00. The molecule has 0 aliphatic carbocycles. The monoisotopic (exact) mass is 595 g/mol. The molecule has 44 heavy (non-hydrogen) atoms. The number of rotatable bonds is 10. The van der Waals surface area contributed by atoms with Crippen molar-refractivity contribution in [2.75, 3.05) is 26.0 Å². The van der Waals surface area contributed by atoms with E-state index >= 15 is 0 Å². The summed E-state index contributed by atoms with van der Waals surface area (Å²) in [7, 11) is 4.06. The highest BCUT2D eigenvalue weighted by Crippen LogP contribution is 2.19. The molecule has 9 nitrogen and oxygen atoms in total. The molecule has 2 aromatic heterocycles. The highest BCUT2D eigenvalue weighted by Gasteiger charge is 2.15. The van der Waals surface area contributed by atoms with Crippen molar-refractivity contribution in [1.29, 1.82) is 0 Å². The molecule has 0 saturated heterocycles. The number of hydrogen-bond acceptors (Lipinski definition) is 7. The summed E-state index contributed by atoms with van der Waals surface area (Å²) in [4.78, 5) is 41.1. The molecule has 11 heteroatoms. The van der Waals surface area contributed by atoms with Gasteiger partial charge < -0.3 is 15.5 Å². The highest BCUT2D eigenvalue weighted by atomic mass is 19.2. The first-order valence-electron chi connectivity index (χ1n) is 13.9. The van der Waals surface area contributed by atoms with Crippen molar-refractivity contribution >= 4 is 34.5 Å². The van der Waals surface area contributed by atoms with Crippen LogP contribution >= 0.6 is 0 Å². The predicted molar refractivity (Wildman–Crippen MR) is 167 cm³/mol. The van der Waals surface area contributed by atoms with Crippen LogP contribution in [0.4, 0.5) is 20.4 Å². The van der Waals surface area contributed by atoms with Gasteiger partial charge in [-0.15, -0.1) is 0 Å². The second kappa shape index (κ2) is 13.3. The lowest BCUT2D eigenvalue weighted by molar-refractivity contribution is 0.0955. The van der Waals surface area contributed by atoms with Gasteiger partial charge in [0.2, 0.25) is 5.95 Å². The molecule has 5 aromatic rings. The van der Waals surface area contributed by atoms with Gasteiger partial charge in [-0.05, 0) is 74.1 Å². The van der Waals surface area contributed by atoms with Crippen molar-refractivity contribution < 1.29 is 13.6 Å². The van der Waals surface area contributed by atoms with E-state index in [4.69, 9.17) is 0 Å². The second-order valence-corrected chi connectivity index (χ2v) is 10.5. The molecule has 224 valence electrons. The van der Waals surface area contributed by atoms with E-state index in [-0.39, 0.29) is 18.7 Å². The third-order valence-corrected chi connectivity index (χ3v) is 6.82. The zero-order chi connectivity index (χ0) is 31.2. The Morgan fingerprint density at radius 1 is 0.955 bits per heavy atom. The van der Waals surface area contributed by atoms with Crippen LogP contribution in [0, 0.1) is 18.6 Å². The minimum absolute atomic E-state index is 0.0523. The minimum Gasteiger partial charge on any atom is -0.348 e. The maximum absolute atomic E-state index is 13.6. The molecular weight excluding hydrogens is 564 g/mol. The summed E-state index contributed by atoms with van der Waals surface area (Å²) < 4.78 is 28.2. The van der Waals surface area contributed by atoms with Gasteiger partial charge in [-0.25, -0.2) is 23.7 Å². The van der Waals surface area contributed by atoms with Gasteiger partial charge in [0.15, 0.2) is 11.6 Å². The first-order chi connectivity index (χ1) is 21.2. The average molecular weight is 596 g/mol. The number of aromatic nitrogens is 4. The van der Waals surface area contributed by atoms with Gasteiger partial charge in [0.05, 0.1) is 12.1 Å². The molecule has 2 heterocycles. The van der Waals surface area contributed by atoms with Gasteiger partial charge in [0, 0.05) is 36.6 Å². The number of carbonyl (C=O) groups excluding carboxylic acids is 1. The Morgan fingerprint density at radius 2 is 1.73 bits per heavy atom. The quantitative estimate of drug-likeness (QED) is 0.232. The number of hydrogen-bond donors (Lipinski definition) is 2. The molecule has 0 unspecified atom stereocenters. The molecule has 0 spiro atoms. The van der Waals surface area contributed by atoms with E-state index in [0.29, 0.717) is 17.3 Å². The Morgan fingerprint density at radius 3 is 2.48 bits per heavy atom. The Hall–Kier alpha value is -5.29. The van der Waals surface area contributed by atoms with Gasteiger partial charge in [-0.3, -0.25) is 14.2 Å². The van der Waals surface area contributed by atoms with Gasteiger partial charge in [-0.1, -0.05) is 36.4 Å². The zero-order valence-electron chi connectivity index (χ0n) is 24.5. The Balaban J connectivity index is 1.19. The van der Waals surface area contributed by atoms with E-state index in [2.05, 4.69) is 42.6 Å². The normalized spacial score (nSPS) is 11.4. The molecule has 5 rings (SSSR count). The van der Waals surface area contributed by atoms with Crippen molar-refractivity contribution in [1.82, 2.24) is 29.7 Å². The molecule has 0 atom stereocenters. The number of nitrogens with one attached hydrogen (secondary N) is 2. The van der Waals surface area contributed by atoms with E-state index < -0.39 is 23.1 Å². The summed E-state index contributed by atoms with van der Waals surface area (Å²) in [5, 5.41) is 6.79. The first kappa shape index (κ1) is 30.2. The van der Waals surface area contributed by atoms with Gasteiger partial charge >= 0.3 is 0 Å². The number of carbonyl (C=O) groups is 1. The van der Waals surface area contributed by atoms with Crippen LogP contribution in [-0.2, 0) is 13.1 Å². The van der Waals surface area contributed by atoms with E-state index in [9.17, 15) is 18.4 Å². The van der Waals surface area contributed by atoms with Crippen molar-refractivity contribution in [2.45, 2.75) is 20.0 Å². The molecular formula is C33H31F2N7O2. The first-order valence-corrected chi connectivity index (χ1v) is 13.9. The number of aryl methyl sites for hydroxylation is 1. The third kappa shape index (κ3) is 7.37. The number of nitrogens with zero attached hydrogens (tertiary/aromatic N) is 5. The van der Waals surface area contributed by atoms with Crippen LogP contribution in [0.25, 0.3) is 17.0 Å². The Bertz CT molecular complexity index is 1900. The molecule has 0 bridgehead atoms. The van der Waals surface area contributed by atoms with Gasteiger partial charge in [0.1, 0.15) is 11.4 Å². The van der Waals surface area contributed by atoms with Crippen LogP contribution in [0.2, 0.25) is 0 Å². The summed E-state index contributed by atoms with van der Waals surface area (Å²) in [6.45, 7) is 2.58. The lowest BCUT2D eigenvalue weighted by Crippen LogP contribution is -2.34. The van der Waals surface area contributed by atoms with Crippen LogP contribution in [0.5, 0.6) is 0 Å². The van der Waals surface area contributed by atoms with Crippen LogP contribution in [0.1, 0.15) is 32.9 Å². The zero-order valence-corrected chi connectivity index (χ0v) is 24.5. The predicted octanol–water partition coefficient (Wildman–Crippen LogP) is 5.07. The molecule has 1 amide bonds. The van der Waals surface area contributed by atoms with Gasteiger partial charge in [-0.2, -0.15) is 0 Å². The van der Waals surface area contributed by atoms with Crippen molar-refractivity contribution in [2.24, 2.45) is 0 Å².